The van der Waals surface area contributed by atoms with Gasteiger partial charge in [-0.15, -0.1) is 0 Å². The Hall–Kier alpha value is -0.323. The van der Waals surface area contributed by atoms with E-state index in [0.717, 1.165) is 5.57 Å². The first-order valence-corrected chi connectivity index (χ1v) is 11.8. The fourth-order valence-electron chi connectivity index (χ4n) is 2.28. The van der Waals surface area contributed by atoms with E-state index in [9.17, 15) is 0 Å². The van der Waals surface area contributed by atoms with Gasteiger partial charge < -0.3 is 32.2 Å². The molecule has 27 heavy (non-hydrogen) atoms. The Morgan fingerprint density at radius 2 is 1.15 bits per heavy atom. The van der Waals surface area contributed by atoms with Gasteiger partial charge >= 0.3 is 8.80 Å². The number of hydrogen-bond donors (Lipinski definition) is 0. The van der Waals surface area contributed by atoms with E-state index in [1.165, 1.54) is 0 Å². The van der Waals surface area contributed by atoms with Crippen LogP contribution in [0.1, 0.15) is 41.0 Å². The lowest BCUT2D eigenvalue weighted by atomic mass is 10.4. The van der Waals surface area contributed by atoms with Gasteiger partial charge in [-0.2, -0.15) is 0 Å². The van der Waals surface area contributed by atoms with Crippen molar-refractivity contribution in [2.24, 2.45) is 0 Å². The van der Waals surface area contributed by atoms with Crippen molar-refractivity contribution >= 4 is 8.80 Å². The highest BCUT2D eigenvalue weighted by Crippen LogP contribution is 2.21. The highest BCUT2D eigenvalue weighted by molar-refractivity contribution is 6.62. The smallest absolute Gasteiger partial charge is 0.379 e. The van der Waals surface area contributed by atoms with Gasteiger partial charge in [-0.25, -0.2) is 0 Å². The summed E-state index contributed by atoms with van der Waals surface area (Å²) in [5, 5.41) is 0. The first-order chi connectivity index (χ1) is 13.1. The van der Waals surface area contributed by atoms with Crippen LogP contribution in [-0.2, 0) is 32.2 Å². The second kappa shape index (κ2) is 17.8. The summed E-state index contributed by atoms with van der Waals surface area (Å²) in [4.78, 5) is 0. The second-order valence-corrected chi connectivity index (χ2v) is 8.62. The maximum atomic E-state index is 6.18. The fraction of sp³-hybridized carbons (Fsp3) is 0.895. The van der Waals surface area contributed by atoms with E-state index in [1.807, 2.05) is 34.6 Å². The van der Waals surface area contributed by atoms with Crippen molar-refractivity contribution in [3.63, 3.8) is 0 Å². The van der Waals surface area contributed by atoms with Gasteiger partial charge in [-0.1, -0.05) is 19.1 Å². The molecule has 0 heterocycles. The Morgan fingerprint density at radius 1 is 0.741 bits per heavy atom. The standard InChI is InChI=1S/C19H40O7Si/c1-7-19(23-17-18(5)6)27(24-14-11-20-8-2,25-15-12-21-9-3)26-16-13-22-10-4/h19H,5,7-17H2,1-4,6H3. The molecule has 0 aliphatic carbocycles. The molecule has 0 aromatic heterocycles. The quantitative estimate of drug-likeness (QED) is 0.174. The zero-order chi connectivity index (χ0) is 20.4. The molecule has 162 valence electrons. The van der Waals surface area contributed by atoms with Crippen LogP contribution in [0.25, 0.3) is 0 Å². The van der Waals surface area contributed by atoms with Gasteiger partial charge in [-0.05, 0) is 34.1 Å². The normalized spacial score (nSPS) is 13.1. The lowest BCUT2D eigenvalue weighted by molar-refractivity contribution is -0.0376. The summed E-state index contributed by atoms with van der Waals surface area (Å²) in [6.07, 6.45) is 0.706. The summed E-state index contributed by atoms with van der Waals surface area (Å²) in [6, 6.07) is 0. The van der Waals surface area contributed by atoms with Crippen LogP contribution >= 0.6 is 0 Å². The number of ether oxygens (including phenoxy) is 4. The molecular weight excluding hydrogens is 368 g/mol. The average molecular weight is 409 g/mol. The van der Waals surface area contributed by atoms with Gasteiger partial charge in [0.1, 0.15) is 5.73 Å². The van der Waals surface area contributed by atoms with Crippen LogP contribution in [0.3, 0.4) is 0 Å². The molecule has 7 nitrogen and oxygen atoms in total. The zero-order valence-corrected chi connectivity index (χ0v) is 18.9. The van der Waals surface area contributed by atoms with Crippen molar-refractivity contribution in [3.05, 3.63) is 12.2 Å². The van der Waals surface area contributed by atoms with Crippen LogP contribution < -0.4 is 0 Å². The molecule has 0 N–H and O–H groups in total. The van der Waals surface area contributed by atoms with Crippen molar-refractivity contribution in [2.75, 3.05) is 66.1 Å². The van der Waals surface area contributed by atoms with Crippen LogP contribution in [0.2, 0.25) is 0 Å². The van der Waals surface area contributed by atoms with Crippen molar-refractivity contribution in [1.82, 2.24) is 0 Å². The van der Waals surface area contributed by atoms with Crippen molar-refractivity contribution in [3.8, 4) is 0 Å². The maximum absolute atomic E-state index is 6.18. The Labute approximate surface area is 166 Å². The molecule has 0 aromatic carbocycles. The van der Waals surface area contributed by atoms with Crippen LogP contribution in [0, 0.1) is 0 Å². The third-order valence-electron chi connectivity index (χ3n) is 3.50. The molecule has 1 atom stereocenters. The van der Waals surface area contributed by atoms with Crippen LogP contribution in [-0.4, -0.2) is 80.6 Å². The highest BCUT2D eigenvalue weighted by Gasteiger charge is 2.50. The summed E-state index contributed by atoms with van der Waals surface area (Å²) in [5.41, 5.74) is 0.647. The molecular formula is C19H40O7Si. The molecule has 0 rings (SSSR count). The number of hydrogen-bond acceptors (Lipinski definition) is 7. The highest BCUT2D eigenvalue weighted by atomic mass is 28.4. The Kier molecular flexibility index (Phi) is 17.5. The molecule has 0 aliphatic heterocycles. The van der Waals surface area contributed by atoms with Crippen molar-refractivity contribution < 1.29 is 32.2 Å². The largest absolute Gasteiger partial charge is 0.531 e. The van der Waals surface area contributed by atoms with E-state index in [4.69, 9.17) is 32.2 Å². The van der Waals surface area contributed by atoms with E-state index >= 15 is 0 Å². The maximum Gasteiger partial charge on any atom is 0.531 e. The monoisotopic (exact) mass is 408 g/mol. The molecule has 8 heteroatoms. The third kappa shape index (κ3) is 12.7. The van der Waals surface area contributed by atoms with Crippen molar-refractivity contribution in [1.29, 1.82) is 0 Å². The predicted molar refractivity (Wildman–Crippen MR) is 108 cm³/mol. The SMILES string of the molecule is C=C(C)COC(CC)[Si](OCCOCC)(OCCOCC)OCCOCC. The minimum absolute atomic E-state index is 0.293. The topological polar surface area (TPSA) is 64.6 Å². The van der Waals surface area contributed by atoms with Gasteiger partial charge in [0, 0.05) is 19.8 Å². The summed E-state index contributed by atoms with van der Waals surface area (Å²) in [5.74, 6) is 0. The van der Waals surface area contributed by atoms with Gasteiger partial charge in [0.15, 0.2) is 0 Å². The summed E-state index contributed by atoms with van der Waals surface area (Å²) in [7, 11) is -3.15. The van der Waals surface area contributed by atoms with Gasteiger partial charge in [-0.3, -0.25) is 0 Å². The minimum atomic E-state index is -3.15. The van der Waals surface area contributed by atoms with E-state index in [2.05, 4.69) is 6.58 Å². The van der Waals surface area contributed by atoms with Crippen LogP contribution in [0.5, 0.6) is 0 Å². The van der Waals surface area contributed by atoms with E-state index in [-0.39, 0.29) is 5.73 Å². The molecule has 0 aromatic rings. The number of rotatable bonds is 20. The first-order valence-electron chi connectivity index (χ1n) is 9.97. The lowest BCUT2D eigenvalue weighted by Crippen LogP contribution is -2.58. The van der Waals surface area contributed by atoms with Gasteiger partial charge in [0.25, 0.3) is 0 Å². The minimum Gasteiger partial charge on any atom is -0.379 e. The Balaban J connectivity index is 5.18. The summed E-state index contributed by atoms with van der Waals surface area (Å²) < 4.78 is 40.8. The molecule has 1 unspecified atom stereocenters. The average Bonchev–Trinajstić information content (AvgIpc) is 2.66. The van der Waals surface area contributed by atoms with Crippen molar-refractivity contribution in [2.45, 2.75) is 46.8 Å². The molecule has 0 amide bonds. The Bertz CT molecular complexity index is 324. The third-order valence-corrected chi connectivity index (χ3v) is 6.68. The Morgan fingerprint density at radius 3 is 1.44 bits per heavy atom. The van der Waals surface area contributed by atoms with Crippen LogP contribution in [0.15, 0.2) is 12.2 Å². The summed E-state index contributed by atoms with van der Waals surface area (Å²) in [6.45, 7) is 18.7. The van der Waals surface area contributed by atoms with Gasteiger partial charge in [0.2, 0.25) is 0 Å². The fourth-order valence-corrected chi connectivity index (χ4v) is 4.98. The predicted octanol–water partition coefficient (Wildman–Crippen LogP) is 3.00. The van der Waals surface area contributed by atoms with E-state index in [1.54, 1.807) is 0 Å². The van der Waals surface area contributed by atoms with E-state index < -0.39 is 8.80 Å². The molecule has 0 saturated heterocycles. The molecule has 0 fully saturated rings. The molecule has 0 saturated carbocycles. The first kappa shape index (κ1) is 26.7. The molecule has 0 bridgehead atoms. The lowest BCUT2D eigenvalue weighted by Gasteiger charge is -2.35. The zero-order valence-electron chi connectivity index (χ0n) is 17.9. The summed E-state index contributed by atoms with van der Waals surface area (Å²) >= 11 is 0. The second-order valence-electron chi connectivity index (χ2n) is 5.90. The molecule has 0 aliphatic rings. The van der Waals surface area contributed by atoms with Crippen LogP contribution in [0.4, 0.5) is 0 Å². The molecule has 0 spiro atoms. The van der Waals surface area contributed by atoms with E-state index in [0.29, 0.717) is 72.5 Å². The molecule has 0 radical (unpaired) electrons. The van der Waals surface area contributed by atoms with Gasteiger partial charge in [0.05, 0.1) is 46.2 Å².